The largest absolute Gasteiger partial charge is 0.301 e. The highest BCUT2D eigenvalue weighted by atomic mass is 16.6. The van der Waals surface area contributed by atoms with Crippen LogP contribution in [0, 0.1) is 25.6 Å². The van der Waals surface area contributed by atoms with Crippen molar-refractivity contribution in [1.29, 1.82) is 0 Å². The molecule has 9 heteroatoms. The summed E-state index contributed by atoms with van der Waals surface area (Å²) in [6, 6.07) is 3.26. The number of Topliss-reactive ketones (excluding diaryl/α,β-unsaturated/α-hetero) is 1. The molecule has 1 fully saturated rings. The molecule has 0 bridgehead atoms. The van der Waals surface area contributed by atoms with Gasteiger partial charge in [-0.25, -0.2) is 0 Å². The number of nitro benzene ring substituents is 2. The van der Waals surface area contributed by atoms with Crippen molar-refractivity contribution in [3.63, 3.8) is 0 Å². The van der Waals surface area contributed by atoms with Crippen molar-refractivity contribution in [2.24, 2.45) is 10.5 Å². The molecule has 0 unspecified atom stereocenters. The molecule has 1 aromatic rings. The van der Waals surface area contributed by atoms with Crippen LogP contribution in [0.15, 0.2) is 23.3 Å². The first kappa shape index (κ1) is 16.5. The molecule has 1 N–H and O–H groups in total. The Morgan fingerprint density at radius 1 is 1.17 bits per heavy atom. The third-order valence-corrected chi connectivity index (χ3v) is 3.48. The Balaban J connectivity index is 2.26. The summed E-state index contributed by atoms with van der Waals surface area (Å²) in [6.07, 6.45) is 1.29. The summed E-state index contributed by atoms with van der Waals surface area (Å²) in [5.41, 5.74) is 2.21. The zero-order valence-electron chi connectivity index (χ0n) is 12.7. The van der Waals surface area contributed by atoms with E-state index in [0.29, 0.717) is 18.6 Å². The normalized spacial score (nSPS) is 18.7. The molecule has 0 saturated heterocycles. The summed E-state index contributed by atoms with van der Waals surface area (Å²) in [5.74, 6) is 0.0694. The number of hydrogen-bond acceptors (Lipinski definition) is 7. The molecular weight excluding hydrogens is 304 g/mol. The van der Waals surface area contributed by atoms with Crippen LogP contribution in [0.25, 0.3) is 0 Å². The van der Waals surface area contributed by atoms with E-state index >= 15 is 0 Å². The Morgan fingerprint density at radius 2 is 1.87 bits per heavy atom. The number of ketones is 1. The van der Waals surface area contributed by atoms with Gasteiger partial charge in [0.1, 0.15) is 11.5 Å². The second-order valence-electron chi connectivity index (χ2n) is 6.24. The lowest BCUT2D eigenvalue weighted by Gasteiger charge is -2.29. The molecule has 2 rings (SSSR count). The molecule has 0 aromatic heterocycles. The molecule has 9 nitrogen and oxygen atoms in total. The van der Waals surface area contributed by atoms with Crippen LogP contribution >= 0.6 is 0 Å². The summed E-state index contributed by atoms with van der Waals surface area (Å²) in [5, 5.41) is 25.8. The number of hydrazone groups is 1. The number of non-ortho nitro benzene ring substituents is 1. The molecule has 1 aliphatic carbocycles. The van der Waals surface area contributed by atoms with Crippen LogP contribution in [0.1, 0.15) is 33.1 Å². The number of nitrogens with zero attached hydrogens (tertiary/aromatic N) is 3. The predicted molar refractivity (Wildman–Crippen MR) is 83.4 cm³/mol. The van der Waals surface area contributed by atoms with Crippen LogP contribution in [0.3, 0.4) is 0 Å². The summed E-state index contributed by atoms with van der Waals surface area (Å²) in [6.45, 7) is 3.90. The van der Waals surface area contributed by atoms with E-state index in [1.54, 1.807) is 0 Å². The van der Waals surface area contributed by atoms with Gasteiger partial charge in [-0.1, -0.05) is 13.8 Å². The maximum absolute atomic E-state index is 11.7. The summed E-state index contributed by atoms with van der Waals surface area (Å²) < 4.78 is 0. The van der Waals surface area contributed by atoms with Gasteiger partial charge in [0.25, 0.3) is 5.69 Å². The molecule has 0 spiro atoms. The monoisotopic (exact) mass is 320 g/mol. The van der Waals surface area contributed by atoms with Gasteiger partial charge in [-0.2, -0.15) is 5.10 Å². The maximum Gasteiger partial charge on any atom is 0.301 e. The Kier molecular flexibility index (Phi) is 4.39. The summed E-state index contributed by atoms with van der Waals surface area (Å²) in [4.78, 5) is 32.0. The number of nitro groups is 2. The molecule has 1 saturated carbocycles. The third-order valence-electron chi connectivity index (χ3n) is 3.48. The molecule has 0 radical (unpaired) electrons. The van der Waals surface area contributed by atoms with Gasteiger partial charge in [-0.3, -0.25) is 30.4 Å². The highest BCUT2D eigenvalue weighted by Crippen LogP contribution is 2.33. The Labute approximate surface area is 131 Å². The molecule has 1 aromatic carbocycles. The number of benzene rings is 1. The third kappa shape index (κ3) is 4.09. The number of hydrogen-bond donors (Lipinski definition) is 1. The minimum absolute atomic E-state index is 0.0453. The first-order valence-electron chi connectivity index (χ1n) is 6.94. The van der Waals surface area contributed by atoms with Crippen LogP contribution in [-0.4, -0.2) is 21.3 Å². The van der Waals surface area contributed by atoms with Crippen molar-refractivity contribution in [1.82, 2.24) is 0 Å². The fourth-order valence-corrected chi connectivity index (χ4v) is 2.60. The molecule has 122 valence electrons. The Bertz CT molecular complexity index is 711. The van der Waals surface area contributed by atoms with Crippen LogP contribution in [-0.2, 0) is 4.79 Å². The first-order chi connectivity index (χ1) is 10.7. The van der Waals surface area contributed by atoms with Crippen molar-refractivity contribution in [2.75, 3.05) is 5.43 Å². The van der Waals surface area contributed by atoms with E-state index in [-0.39, 0.29) is 29.0 Å². The SMILES string of the molecule is CC1(C)CC(=O)CC(=NNc2ccc([N+](=O)[O-])cc2[N+](=O)[O-])C1. The van der Waals surface area contributed by atoms with E-state index in [4.69, 9.17) is 0 Å². The average molecular weight is 320 g/mol. The lowest BCUT2D eigenvalue weighted by atomic mass is 9.76. The number of carbonyl (C=O) groups excluding carboxylic acids is 1. The van der Waals surface area contributed by atoms with E-state index < -0.39 is 15.5 Å². The van der Waals surface area contributed by atoms with Gasteiger partial charge < -0.3 is 0 Å². The van der Waals surface area contributed by atoms with Gasteiger partial charge >= 0.3 is 5.69 Å². The zero-order valence-corrected chi connectivity index (χ0v) is 12.7. The van der Waals surface area contributed by atoms with E-state index in [2.05, 4.69) is 10.5 Å². The van der Waals surface area contributed by atoms with Gasteiger partial charge in [0.15, 0.2) is 0 Å². The molecule has 0 atom stereocenters. The molecular formula is C14H16N4O5. The number of rotatable bonds is 4. The smallest absolute Gasteiger partial charge is 0.299 e. The van der Waals surface area contributed by atoms with Gasteiger partial charge in [0, 0.05) is 24.6 Å². The van der Waals surface area contributed by atoms with E-state index in [0.717, 1.165) is 12.1 Å². The maximum atomic E-state index is 11.7. The molecule has 0 aliphatic heterocycles. The second kappa shape index (κ2) is 6.11. The molecule has 0 heterocycles. The van der Waals surface area contributed by atoms with Crippen molar-refractivity contribution in [2.45, 2.75) is 33.1 Å². The molecule has 1 aliphatic rings. The predicted octanol–water partition coefficient (Wildman–Crippen LogP) is 3.05. The number of nitrogens with one attached hydrogen (secondary N) is 1. The van der Waals surface area contributed by atoms with Gasteiger partial charge in [0.05, 0.1) is 15.9 Å². The van der Waals surface area contributed by atoms with Gasteiger partial charge in [-0.05, 0) is 17.9 Å². The minimum Gasteiger partial charge on any atom is -0.299 e. The average Bonchev–Trinajstić information content (AvgIpc) is 2.42. The second-order valence-corrected chi connectivity index (χ2v) is 6.24. The molecule has 0 amide bonds. The standard InChI is InChI=1S/C14H16N4O5/c1-14(2)7-9(5-11(19)8-14)15-16-12-4-3-10(17(20)21)6-13(12)18(22)23/h3-4,6,16H,5,7-8H2,1-2H3. The van der Waals surface area contributed by atoms with Crippen LogP contribution in [0.5, 0.6) is 0 Å². The van der Waals surface area contributed by atoms with Crippen molar-refractivity contribution >= 4 is 28.6 Å². The minimum atomic E-state index is -0.717. The fourth-order valence-electron chi connectivity index (χ4n) is 2.60. The van der Waals surface area contributed by atoms with Crippen molar-refractivity contribution in [3.05, 3.63) is 38.4 Å². The van der Waals surface area contributed by atoms with E-state index in [1.807, 2.05) is 13.8 Å². The summed E-state index contributed by atoms with van der Waals surface area (Å²) in [7, 11) is 0. The number of anilines is 1. The highest BCUT2D eigenvalue weighted by molar-refractivity contribution is 6.05. The van der Waals surface area contributed by atoms with Crippen molar-refractivity contribution < 1.29 is 14.6 Å². The highest BCUT2D eigenvalue weighted by Gasteiger charge is 2.30. The Hall–Kier alpha value is -2.84. The first-order valence-corrected chi connectivity index (χ1v) is 6.94. The fraction of sp³-hybridized carbons (Fsp3) is 0.429. The Morgan fingerprint density at radius 3 is 2.43 bits per heavy atom. The van der Waals surface area contributed by atoms with Gasteiger partial charge in [0.2, 0.25) is 0 Å². The van der Waals surface area contributed by atoms with E-state index in [1.165, 1.54) is 6.07 Å². The number of carbonyl (C=O) groups is 1. The summed E-state index contributed by atoms with van der Waals surface area (Å²) >= 11 is 0. The zero-order chi connectivity index (χ0) is 17.2. The van der Waals surface area contributed by atoms with Crippen molar-refractivity contribution in [3.8, 4) is 0 Å². The topological polar surface area (TPSA) is 128 Å². The van der Waals surface area contributed by atoms with Gasteiger partial charge in [-0.15, -0.1) is 0 Å². The van der Waals surface area contributed by atoms with Crippen LogP contribution in [0.2, 0.25) is 0 Å². The lowest BCUT2D eigenvalue weighted by molar-refractivity contribution is -0.393. The van der Waals surface area contributed by atoms with E-state index in [9.17, 15) is 25.0 Å². The lowest BCUT2D eigenvalue weighted by Crippen LogP contribution is -2.29. The van der Waals surface area contributed by atoms with Crippen LogP contribution in [0.4, 0.5) is 17.1 Å². The molecule has 23 heavy (non-hydrogen) atoms. The van der Waals surface area contributed by atoms with Crippen LogP contribution < -0.4 is 5.43 Å². The quantitative estimate of drug-likeness (QED) is 0.670.